The molecule has 1 aromatic rings. The summed E-state index contributed by atoms with van der Waals surface area (Å²) in [6.07, 6.45) is 2.35. The van der Waals surface area contributed by atoms with Crippen LogP contribution in [0, 0.1) is 0 Å². The molecular weight excluding hydrogens is 290 g/mol. The van der Waals surface area contributed by atoms with Gasteiger partial charge in [-0.15, -0.1) is 0 Å². The van der Waals surface area contributed by atoms with E-state index >= 15 is 0 Å². The molecule has 0 aliphatic heterocycles. The maximum absolute atomic E-state index is 12.2. The fourth-order valence-corrected chi connectivity index (χ4v) is 3.37. The van der Waals surface area contributed by atoms with E-state index < -0.39 is 10.0 Å². The normalized spacial score (nSPS) is 12.2. The molecule has 0 aromatic carbocycles. The highest BCUT2D eigenvalue weighted by molar-refractivity contribution is 7.89. The summed E-state index contributed by atoms with van der Waals surface area (Å²) >= 11 is 0. The van der Waals surface area contributed by atoms with Crippen LogP contribution in [0.4, 0.5) is 0 Å². The zero-order valence-corrected chi connectivity index (χ0v) is 14.0. The average Bonchev–Trinajstić information content (AvgIpc) is 2.91. The first-order chi connectivity index (χ1) is 9.98. The molecule has 0 bridgehead atoms. The second-order valence-corrected chi connectivity index (χ2v) is 6.66. The number of nitrogens with zero attached hydrogens (tertiary/aromatic N) is 2. The van der Waals surface area contributed by atoms with Gasteiger partial charge >= 0.3 is 0 Å². The lowest BCUT2D eigenvalue weighted by Gasteiger charge is -2.17. The average molecular weight is 317 g/mol. The molecule has 7 heteroatoms. The predicted molar refractivity (Wildman–Crippen MR) is 83.6 cm³/mol. The molecule has 0 saturated heterocycles. The lowest BCUT2D eigenvalue weighted by Crippen LogP contribution is -2.29. The third-order valence-corrected chi connectivity index (χ3v) is 5.04. The van der Waals surface area contributed by atoms with E-state index in [9.17, 15) is 13.5 Å². The highest BCUT2D eigenvalue weighted by Crippen LogP contribution is 2.14. The van der Waals surface area contributed by atoms with Crippen molar-refractivity contribution in [3.8, 4) is 0 Å². The van der Waals surface area contributed by atoms with E-state index in [0.29, 0.717) is 18.8 Å². The summed E-state index contributed by atoms with van der Waals surface area (Å²) in [6.45, 7) is 9.82. The van der Waals surface area contributed by atoms with Crippen molar-refractivity contribution in [1.82, 2.24) is 14.2 Å². The second-order valence-electron chi connectivity index (χ2n) is 4.89. The highest BCUT2D eigenvalue weighted by atomic mass is 32.2. The van der Waals surface area contributed by atoms with Crippen LogP contribution in [0.5, 0.6) is 0 Å². The van der Waals surface area contributed by atoms with Crippen molar-refractivity contribution in [3.05, 3.63) is 18.0 Å². The number of aliphatic hydroxyl groups excluding tert-OH is 1. The minimum atomic E-state index is -3.49. The molecule has 0 fully saturated rings. The van der Waals surface area contributed by atoms with Crippen molar-refractivity contribution in [3.63, 3.8) is 0 Å². The number of aromatic nitrogens is 1. The first-order valence-electron chi connectivity index (χ1n) is 7.50. The monoisotopic (exact) mass is 317 g/mol. The van der Waals surface area contributed by atoms with Crippen LogP contribution in [0.3, 0.4) is 0 Å². The standard InChI is InChI=1S/C14H27N3O3S/c1-4-16(5-2)9-7-8-15-21(19,20)14-10-13(12-18)17(6-3)11-14/h10-11,15,18H,4-9,12H2,1-3H3. The van der Waals surface area contributed by atoms with Crippen molar-refractivity contribution in [1.29, 1.82) is 0 Å². The number of hydrogen-bond donors (Lipinski definition) is 2. The van der Waals surface area contributed by atoms with Crippen molar-refractivity contribution < 1.29 is 13.5 Å². The Morgan fingerprint density at radius 1 is 1.29 bits per heavy atom. The quantitative estimate of drug-likeness (QED) is 0.632. The smallest absolute Gasteiger partial charge is 0.242 e. The first kappa shape index (κ1) is 18.2. The van der Waals surface area contributed by atoms with E-state index in [2.05, 4.69) is 23.5 Å². The molecular formula is C14H27N3O3S. The molecule has 0 saturated carbocycles. The van der Waals surface area contributed by atoms with Gasteiger partial charge in [-0.3, -0.25) is 0 Å². The maximum atomic E-state index is 12.2. The van der Waals surface area contributed by atoms with Crippen molar-refractivity contribution in [2.45, 2.75) is 45.2 Å². The SMILES string of the molecule is CCN(CC)CCCNS(=O)(=O)c1cc(CO)n(CC)c1. The van der Waals surface area contributed by atoms with E-state index in [1.807, 2.05) is 6.92 Å². The van der Waals surface area contributed by atoms with Crippen LogP contribution < -0.4 is 4.72 Å². The summed E-state index contributed by atoms with van der Waals surface area (Å²) in [5.74, 6) is 0. The molecule has 1 aromatic heterocycles. The minimum absolute atomic E-state index is 0.161. The van der Waals surface area contributed by atoms with Crippen LogP contribution in [0.1, 0.15) is 32.9 Å². The number of hydrogen-bond acceptors (Lipinski definition) is 4. The van der Waals surface area contributed by atoms with Gasteiger partial charge in [0.25, 0.3) is 0 Å². The van der Waals surface area contributed by atoms with E-state index in [1.165, 1.54) is 6.07 Å². The highest BCUT2D eigenvalue weighted by Gasteiger charge is 2.17. The molecule has 0 radical (unpaired) electrons. The largest absolute Gasteiger partial charge is 0.390 e. The van der Waals surface area contributed by atoms with Gasteiger partial charge in [0.15, 0.2) is 0 Å². The summed E-state index contributed by atoms with van der Waals surface area (Å²) in [7, 11) is -3.49. The van der Waals surface area contributed by atoms with Crippen LogP contribution in [-0.4, -0.2) is 49.2 Å². The van der Waals surface area contributed by atoms with E-state index in [0.717, 1.165) is 26.1 Å². The lowest BCUT2D eigenvalue weighted by molar-refractivity contribution is 0.271. The van der Waals surface area contributed by atoms with Gasteiger partial charge in [-0.05, 0) is 39.0 Å². The third-order valence-electron chi connectivity index (χ3n) is 3.61. The first-order valence-corrected chi connectivity index (χ1v) is 8.98. The molecule has 2 N–H and O–H groups in total. The molecule has 0 unspecified atom stereocenters. The van der Waals surface area contributed by atoms with Crippen molar-refractivity contribution >= 4 is 10.0 Å². The number of aliphatic hydroxyl groups is 1. The van der Waals surface area contributed by atoms with Gasteiger partial charge < -0.3 is 14.6 Å². The Morgan fingerprint density at radius 2 is 1.95 bits per heavy atom. The second kappa shape index (κ2) is 8.53. The number of nitrogens with one attached hydrogen (secondary N) is 1. The molecule has 1 rings (SSSR count). The van der Waals surface area contributed by atoms with E-state index in [1.54, 1.807) is 10.8 Å². The molecule has 0 aliphatic rings. The van der Waals surface area contributed by atoms with Crippen molar-refractivity contribution in [2.75, 3.05) is 26.2 Å². The maximum Gasteiger partial charge on any atom is 0.242 e. The molecule has 21 heavy (non-hydrogen) atoms. The fourth-order valence-electron chi connectivity index (χ4n) is 2.23. The Hall–Kier alpha value is -0.890. The zero-order valence-electron chi connectivity index (χ0n) is 13.2. The van der Waals surface area contributed by atoms with Gasteiger partial charge in [-0.1, -0.05) is 13.8 Å². The molecule has 122 valence electrons. The van der Waals surface area contributed by atoms with Crippen LogP contribution >= 0.6 is 0 Å². The molecule has 0 amide bonds. The fraction of sp³-hybridized carbons (Fsp3) is 0.714. The Morgan fingerprint density at radius 3 is 2.43 bits per heavy atom. The van der Waals surface area contributed by atoms with Gasteiger partial charge in [-0.2, -0.15) is 0 Å². The summed E-state index contributed by atoms with van der Waals surface area (Å²) in [4.78, 5) is 2.47. The Kier molecular flexibility index (Phi) is 7.37. The Balaban J connectivity index is 2.59. The lowest BCUT2D eigenvalue weighted by atomic mass is 10.4. The van der Waals surface area contributed by atoms with E-state index in [4.69, 9.17) is 0 Å². The molecule has 0 spiro atoms. The van der Waals surface area contributed by atoms with Crippen LogP contribution in [0.2, 0.25) is 0 Å². The number of rotatable bonds is 10. The molecule has 1 heterocycles. The number of aryl methyl sites for hydroxylation is 1. The van der Waals surface area contributed by atoms with Gasteiger partial charge in [-0.25, -0.2) is 13.1 Å². The molecule has 6 nitrogen and oxygen atoms in total. The summed E-state index contributed by atoms with van der Waals surface area (Å²) in [5.41, 5.74) is 0.612. The summed E-state index contributed by atoms with van der Waals surface area (Å²) in [5, 5.41) is 9.22. The van der Waals surface area contributed by atoms with Crippen molar-refractivity contribution in [2.24, 2.45) is 0 Å². The number of sulfonamides is 1. The van der Waals surface area contributed by atoms with Gasteiger partial charge in [0.1, 0.15) is 0 Å². The third kappa shape index (κ3) is 5.10. The summed E-state index contributed by atoms with van der Waals surface area (Å²) < 4.78 is 28.7. The van der Waals surface area contributed by atoms with Gasteiger partial charge in [0.2, 0.25) is 10.0 Å². The van der Waals surface area contributed by atoms with Crippen LogP contribution in [-0.2, 0) is 23.2 Å². The topological polar surface area (TPSA) is 74.6 Å². The van der Waals surface area contributed by atoms with Crippen LogP contribution in [0.25, 0.3) is 0 Å². The molecule has 0 aliphatic carbocycles. The minimum Gasteiger partial charge on any atom is -0.390 e. The zero-order chi connectivity index (χ0) is 15.9. The predicted octanol–water partition coefficient (Wildman–Crippen LogP) is 1.01. The van der Waals surface area contributed by atoms with E-state index in [-0.39, 0.29) is 11.5 Å². The van der Waals surface area contributed by atoms with Crippen LogP contribution in [0.15, 0.2) is 17.2 Å². The summed E-state index contributed by atoms with van der Waals surface area (Å²) in [6, 6.07) is 1.52. The Labute approximate surface area is 127 Å². The van der Waals surface area contributed by atoms with Gasteiger partial charge in [0, 0.05) is 25.0 Å². The van der Waals surface area contributed by atoms with Gasteiger partial charge in [0.05, 0.1) is 11.5 Å². The molecule has 0 atom stereocenters. The Bertz CT molecular complexity index is 500.